The standard InChI is InChI=1S/C15H16NO2S/c1-13-7-9-15(10-8-13)19(17,18)16-12-11-14-5-3-2-4-6-14/h3-10,16H,11-12H2,1H3. The molecule has 2 aromatic carbocycles. The first-order valence-corrected chi connectivity index (χ1v) is 7.57. The van der Waals surface area contributed by atoms with Crippen molar-refractivity contribution in [3.8, 4) is 0 Å². The first kappa shape index (κ1) is 13.8. The SMILES string of the molecule is Cc1ccc(S(=O)(=O)NCCc2cc[c]cc2)cc1. The van der Waals surface area contributed by atoms with Gasteiger partial charge in [0.05, 0.1) is 4.90 Å². The normalized spacial score (nSPS) is 11.4. The van der Waals surface area contributed by atoms with Crippen LogP contribution < -0.4 is 4.72 Å². The molecule has 0 atom stereocenters. The minimum Gasteiger partial charge on any atom is -0.211 e. The van der Waals surface area contributed by atoms with Gasteiger partial charge in [-0.2, -0.15) is 0 Å². The van der Waals surface area contributed by atoms with Gasteiger partial charge in [0.25, 0.3) is 0 Å². The molecule has 0 bridgehead atoms. The number of nitrogens with one attached hydrogen (secondary N) is 1. The summed E-state index contributed by atoms with van der Waals surface area (Å²) in [7, 11) is -3.40. The molecule has 0 aliphatic carbocycles. The summed E-state index contributed by atoms with van der Waals surface area (Å²) in [6.45, 7) is 2.32. The molecule has 1 radical (unpaired) electrons. The Morgan fingerprint density at radius 2 is 1.68 bits per heavy atom. The van der Waals surface area contributed by atoms with Crippen LogP contribution in [0.5, 0.6) is 0 Å². The molecule has 2 rings (SSSR count). The highest BCUT2D eigenvalue weighted by Gasteiger charge is 2.12. The zero-order valence-electron chi connectivity index (χ0n) is 10.8. The molecule has 0 fully saturated rings. The Bertz CT molecular complexity index is 619. The average Bonchev–Trinajstić information content (AvgIpc) is 2.40. The molecule has 0 heterocycles. The van der Waals surface area contributed by atoms with E-state index in [-0.39, 0.29) is 0 Å². The Hall–Kier alpha value is -1.65. The Kier molecular flexibility index (Phi) is 4.35. The quantitative estimate of drug-likeness (QED) is 0.909. The molecular formula is C15H16NO2S. The zero-order chi connectivity index (χ0) is 13.7. The number of rotatable bonds is 5. The lowest BCUT2D eigenvalue weighted by molar-refractivity contribution is 0.581. The number of hydrogen-bond acceptors (Lipinski definition) is 2. The van der Waals surface area contributed by atoms with Crippen LogP contribution in [0.15, 0.2) is 53.4 Å². The summed E-state index contributed by atoms with van der Waals surface area (Å²) in [4.78, 5) is 0.305. The minimum absolute atomic E-state index is 0.305. The molecule has 19 heavy (non-hydrogen) atoms. The van der Waals surface area contributed by atoms with Crippen LogP contribution in [0.2, 0.25) is 0 Å². The van der Waals surface area contributed by atoms with Crippen molar-refractivity contribution in [3.63, 3.8) is 0 Å². The fourth-order valence-electron chi connectivity index (χ4n) is 1.72. The number of aryl methyl sites for hydroxylation is 1. The Morgan fingerprint density at radius 1 is 1.05 bits per heavy atom. The number of benzene rings is 2. The third-order valence-electron chi connectivity index (χ3n) is 2.82. The van der Waals surface area contributed by atoms with Crippen LogP contribution in [0.4, 0.5) is 0 Å². The van der Waals surface area contributed by atoms with Gasteiger partial charge in [-0.3, -0.25) is 0 Å². The second-order valence-corrected chi connectivity index (χ2v) is 6.14. The van der Waals surface area contributed by atoms with Gasteiger partial charge in [-0.1, -0.05) is 42.0 Å². The van der Waals surface area contributed by atoms with Crippen LogP contribution in [0.25, 0.3) is 0 Å². The van der Waals surface area contributed by atoms with Crippen molar-refractivity contribution in [2.24, 2.45) is 0 Å². The van der Waals surface area contributed by atoms with E-state index in [1.165, 1.54) is 0 Å². The van der Waals surface area contributed by atoms with E-state index in [0.29, 0.717) is 17.9 Å². The molecule has 0 aliphatic heterocycles. The maximum absolute atomic E-state index is 12.0. The fourth-order valence-corrected chi connectivity index (χ4v) is 2.75. The lowest BCUT2D eigenvalue weighted by atomic mass is 10.2. The number of hydrogen-bond donors (Lipinski definition) is 1. The summed E-state index contributed by atoms with van der Waals surface area (Å²) in [6, 6.07) is 17.3. The van der Waals surface area contributed by atoms with E-state index in [0.717, 1.165) is 11.1 Å². The summed E-state index contributed by atoms with van der Waals surface area (Å²) in [5, 5.41) is 0. The van der Waals surface area contributed by atoms with Crippen molar-refractivity contribution < 1.29 is 8.42 Å². The molecule has 0 spiro atoms. The molecule has 99 valence electrons. The molecule has 0 unspecified atom stereocenters. The Balaban J connectivity index is 1.97. The van der Waals surface area contributed by atoms with Crippen LogP contribution in [0.3, 0.4) is 0 Å². The van der Waals surface area contributed by atoms with Gasteiger partial charge in [-0.25, -0.2) is 13.1 Å². The molecule has 0 saturated carbocycles. The van der Waals surface area contributed by atoms with E-state index in [1.54, 1.807) is 24.3 Å². The van der Waals surface area contributed by atoms with E-state index in [4.69, 9.17) is 0 Å². The highest BCUT2D eigenvalue weighted by Crippen LogP contribution is 2.09. The van der Waals surface area contributed by atoms with Gasteiger partial charge < -0.3 is 0 Å². The van der Waals surface area contributed by atoms with Crippen molar-refractivity contribution >= 4 is 10.0 Å². The summed E-state index contributed by atoms with van der Waals surface area (Å²) >= 11 is 0. The van der Waals surface area contributed by atoms with Crippen molar-refractivity contribution in [1.82, 2.24) is 4.72 Å². The third-order valence-corrected chi connectivity index (χ3v) is 4.30. The topological polar surface area (TPSA) is 46.2 Å². The van der Waals surface area contributed by atoms with Crippen LogP contribution in [-0.2, 0) is 16.4 Å². The van der Waals surface area contributed by atoms with Gasteiger partial charge in [-0.15, -0.1) is 0 Å². The smallest absolute Gasteiger partial charge is 0.211 e. The lowest BCUT2D eigenvalue weighted by Crippen LogP contribution is -2.25. The minimum atomic E-state index is -3.40. The maximum Gasteiger partial charge on any atom is 0.240 e. The Morgan fingerprint density at radius 3 is 2.32 bits per heavy atom. The first-order valence-electron chi connectivity index (χ1n) is 6.09. The third kappa shape index (κ3) is 3.91. The van der Waals surface area contributed by atoms with E-state index < -0.39 is 10.0 Å². The maximum atomic E-state index is 12.0. The predicted molar refractivity (Wildman–Crippen MR) is 75.3 cm³/mol. The van der Waals surface area contributed by atoms with Crippen LogP contribution in [-0.4, -0.2) is 15.0 Å². The lowest BCUT2D eigenvalue weighted by Gasteiger charge is -2.07. The van der Waals surface area contributed by atoms with Crippen molar-refractivity contribution in [1.29, 1.82) is 0 Å². The summed E-state index contributed by atoms with van der Waals surface area (Å²) in [6.07, 6.45) is 0.666. The second kappa shape index (κ2) is 5.99. The first-order chi connectivity index (χ1) is 9.08. The van der Waals surface area contributed by atoms with E-state index >= 15 is 0 Å². The van der Waals surface area contributed by atoms with Gasteiger partial charge in [-0.05, 0) is 37.1 Å². The summed E-state index contributed by atoms with van der Waals surface area (Å²) in [5.41, 5.74) is 2.13. The summed E-state index contributed by atoms with van der Waals surface area (Å²) < 4.78 is 26.6. The molecule has 0 saturated heterocycles. The van der Waals surface area contributed by atoms with Gasteiger partial charge in [0.2, 0.25) is 10.0 Å². The van der Waals surface area contributed by atoms with Gasteiger partial charge in [0.15, 0.2) is 0 Å². The molecule has 2 aromatic rings. The number of sulfonamides is 1. The van der Waals surface area contributed by atoms with E-state index in [2.05, 4.69) is 10.8 Å². The predicted octanol–water partition coefficient (Wildman–Crippen LogP) is 2.32. The van der Waals surface area contributed by atoms with Gasteiger partial charge in [0, 0.05) is 6.54 Å². The highest BCUT2D eigenvalue weighted by molar-refractivity contribution is 7.89. The monoisotopic (exact) mass is 274 g/mol. The van der Waals surface area contributed by atoms with E-state index in [9.17, 15) is 8.42 Å². The summed E-state index contributed by atoms with van der Waals surface area (Å²) in [5.74, 6) is 0. The van der Waals surface area contributed by atoms with Crippen LogP contribution in [0, 0.1) is 13.0 Å². The molecule has 0 aliphatic rings. The Labute approximate surface area is 114 Å². The molecule has 0 aromatic heterocycles. The van der Waals surface area contributed by atoms with E-state index in [1.807, 2.05) is 31.2 Å². The van der Waals surface area contributed by atoms with Gasteiger partial charge in [0.1, 0.15) is 0 Å². The second-order valence-electron chi connectivity index (χ2n) is 4.37. The van der Waals surface area contributed by atoms with Crippen molar-refractivity contribution in [2.45, 2.75) is 18.2 Å². The van der Waals surface area contributed by atoms with Crippen LogP contribution >= 0.6 is 0 Å². The van der Waals surface area contributed by atoms with Crippen molar-refractivity contribution in [3.05, 3.63) is 65.7 Å². The van der Waals surface area contributed by atoms with Crippen LogP contribution in [0.1, 0.15) is 11.1 Å². The molecule has 3 nitrogen and oxygen atoms in total. The molecule has 1 N–H and O–H groups in total. The zero-order valence-corrected chi connectivity index (χ0v) is 11.6. The molecule has 4 heteroatoms. The largest absolute Gasteiger partial charge is 0.240 e. The van der Waals surface area contributed by atoms with Crippen molar-refractivity contribution in [2.75, 3.05) is 6.54 Å². The highest BCUT2D eigenvalue weighted by atomic mass is 32.2. The fraction of sp³-hybridized carbons (Fsp3) is 0.200. The average molecular weight is 274 g/mol. The molecule has 0 amide bonds. The molecular weight excluding hydrogens is 258 g/mol. The van der Waals surface area contributed by atoms with Gasteiger partial charge >= 0.3 is 0 Å².